The van der Waals surface area contributed by atoms with Crippen molar-refractivity contribution >= 4 is 17.7 Å². The molecule has 2 atom stereocenters. The minimum absolute atomic E-state index is 0.200. The number of benzene rings is 1. The van der Waals surface area contributed by atoms with Crippen LogP contribution in [-0.2, 0) is 30.4 Å². The number of nitrogens with one attached hydrogen (secondary N) is 1. The van der Waals surface area contributed by atoms with Crippen molar-refractivity contribution in [2.45, 2.75) is 45.4 Å². The molecule has 3 aliphatic rings. The molecule has 186 valence electrons. The summed E-state index contributed by atoms with van der Waals surface area (Å²) in [5, 5.41) is 2.34. The van der Waals surface area contributed by atoms with E-state index in [1.54, 1.807) is 19.1 Å². The maximum Gasteiger partial charge on any atom is 0.250 e. The van der Waals surface area contributed by atoms with Gasteiger partial charge in [0.1, 0.15) is 17.9 Å². The quantitative estimate of drug-likeness (QED) is 0.631. The van der Waals surface area contributed by atoms with Crippen LogP contribution in [0, 0.1) is 0 Å². The van der Waals surface area contributed by atoms with E-state index < -0.39 is 11.9 Å². The Bertz CT molecular complexity index is 1040. The number of nitrogens with zero attached hydrogens (tertiary/aromatic N) is 2. The van der Waals surface area contributed by atoms with Crippen molar-refractivity contribution in [3.05, 3.63) is 71.0 Å². The second-order valence-electron chi connectivity index (χ2n) is 9.13. The first-order chi connectivity index (χ1) is 16.9. The summed E-state index contributed by atoms with van der Waals surface area (Å²) in [7, 11) is 0. The topological polar surface area (TPSA) is 88.2 Å². The van der Waals surface area contributed by atoms with Crippen molar-refractivity contribution in [3.63, 3.8) is 0 Å². The van der Waals surface area contributed by atoms with Crippen LogP contribution in [0.3, 0.4) is 0 Å². The van der Waals surface area contributed by atoms with Gasteiger partial charge in [0.15, 0.2) is 0 Å². The molecule has 3 aliphatic heterocycles. The molecule has 1 aromatic carbocycles. The van der Waals surface area contributed by atoms with Crippen molar-refractivity contribution < 1.29 is 23.9 Å². The van der Waals surface area contributed by atoms with Crippen LogP contribution in [0.1, 0.15) is 43.9 Å². The fourth-order valence-electron chi connectivity index (χ4n) is 4.44. The first-order valence-corrected chi connectivity index (χ1v) is 12.2. The molecule has 0 saturated carbocycles. The number of carbonyl (C=O) groups excluding carboxylic acids is 3. The Morgan fingerprint density at radius 2 is 1.89 bits per heavy atom. The number of carbonyl (C=O) groups is 3. The molecule has 3 amide bonds. The smallest absolute Gasteiger partial charge is 0.250 e. The van der Waals surface area contributed by atoms with Gasteiger partial charge in [-0.15, -0.1) is 0 Å². The molecule has 0 aromatic heterocycles. The van der Waals surface area contributed by atoms with E-state index in [9.17, 15) is 14.4 Å². The predicted octanol–water partition coefficient (Wildman–Crippen LogP) is 2.63. The third kappa shape index (κ3) is 6.46. The molecular formula is C27H33N3O5. The van der Waals surface area contributed by atoms with Crippen molar-refractivity contribution in [1.29, 1.82) is 0 Å². The molecule has 0 spiro atoms. The lowest BCUT2D eigenvalue weighted by Crippen LogP contribution is -2.54. The predicted molar refractivity (Wildman–Crippen MR) is 131 cm³/mol. The Labute approximate surface area is 206 Å². The van der Waals surface area contributed by atoms with E-state index in [0.29, 0.717) is 17.8 Å². The summed E-state index contributed by atoms with van der Waals surface area (Å²) < 4.78 is 11.7. The van der Waals surface area contributed by atoms with Crippen molar-refractivity contribution in [1.82, 2.24) is 15.1 Å². The van der Waals surface area contributed by atoms with E-state index >= 15 is 0 Å². The molecule has 1 N–H and O–H groups in total. The van der Waals surface area contributed by atoms with Crippen LogP contribution < -0.4 is 5.32 Å². The number of allylic oxidation sites excluding steroid dienone is 3. The average Bonchev–Trinajstić information content (AvgIpc) is 2.91. The van der Waals surface area contributed by atoms with Crippen LogP contribution in [0.25, 0.3) is 0 Å². The number of imide groups is 1. The number of hydrogen-bond acceptors (Lipinski definition) is 6. The normalized spacial score (nSPS) is 26.9. The Balaban J connectivity index is 1.43. The zero-order valence-electron chi connectivity index (χ0n) is 20.4. The average molecular weight is 480 g/mol. The minimum Gasteiger partial charge on any atom is -0.486 e. The van der Waals surface area contributed by atoms with Gasteiger partial charge >= 0.3 is 0 Å². The van der Waals surface area contributed by atoms with E-state index in [1.807, 2.05) is 19.1 Å². The number of morpholine rings is 1. The third-order valence-electron chi connectivity index (χ3n) is 6.55. The van der Waals surface area contributed by atoms with Gasteiger partial charge in [-0.25, -0.2) is 0 Å². The van der Waals surface area contributed by atoms with Crippen LogP contribution in [0.5, 0.6) is 0 Å². The van der Waals surface area contributed by atoms with E-state index in [1.165, 1.54) is 10.5 Å². The Morgan fingerprint density at radius 3 is 2.60 bits per heavy atom. The van der Waals surface area contributed by atoms with Gasteiger partial charge in [0, 0.05) is 38.2 Å². The van der Waals surface area contributed by atoms with Gasteiger partial charge in [0.25, 0.3) is 0 Å². The monoisotopic (exact) mass is 479 g/mol. The third-order valence-corrected chi connectivity index (χ3v) is 6.55. The number of ether oxygens (including phenoxy) is 2. The molecule has 8 heteroatoms. The van der Waals surface area contributed by atoms with Gasteiger partial charge in [-0.2, -0.15) is 0 Å². The second-order valence-corrected chi connectivity index (χ2v) is 9.13. The fourth-order valence-corrected chi connectivity index (χ4v) is 4.44. The van der Waals surface area contributed by atoms with Gasteiger partial charge in [-0.05, 0) is 43.5 Å². The molecule has 2 unspecified atom stereocenters. The molecular weight excluding hydrogens is 446 g/mol. The molecule has 2 saturated heterocycles. The fraction of sp³-hybridized carbons (Fsp3) is 0.444. The number of rotatable bonds is 6. The molecule has 35 heavy (non-hydrogen) atoms. The summed E-state index contributed by atoms with van der Waals surface area (Å²) in [5.74, 6) is -0.353. The maximum absolute atomic E-state index is 13.0. The highest BCUT2D eigenvalue weighted by Crippen LogP contribution is 2.23. The van der Waals surface area contributed by atoms with E-state index in [4.69, 9.17) is 9.47 Å². The highest BCUT2D eigenvalue weighted by Gasteiger charge is 2.34. The Kier molecular flexibility index (Phi) is 8.15. The molecule has 2 fully saturated rings. The summed E-state index contributed by atoms with van der Waals surface area (Å²) in [4.78, 5) is 40.8. The van der Waals surface area contributed by atoms with Gasteiger partial charge in [-0.3, -0.25) is 24.6 Å². The number of hydrogen-bond donors (Lipinski definition) is 1. The van der Waals surface area contributed by atoms with E-state index in [-0.39, 0.29) is 30.9 Å². The van der Waals surface area contributed by atoms with Crippen LogP contribution in [0.2, 0.25) is 0 Å². The first-order valence-electron chi connectivity index (χ1n) is 12.2. The second kappa shape index (κ2) is 11.5. The van der Waals surface area contributed by atoms with E-state index in [2.05, 4.69) is 34.5 Å². The SMILES string of the molecule is C\C1=C/C=C\C(OC(C)c2ccc(CN3CCOCC3)cc2)=C\CN(C2CCC(=O)NC2=O)C1=O. The highest BCUT2D eigenvalue weighted by molar-refractivity contribution is 6.03. The maximum atomic E-state index is 13.0. The van der Waals surface area contributed by atoms with Crippen LogP contribution >= 0.6 is 0 Å². The van der Waals surface area contributed by atoms with Gasteiger partial charge in [0.05, 0.1) is 13.2 Å². The van der Waals surface area contributed by atoms with Gasteiger partial charge < -0.3 is 14.4 Å². The number of piperidine rings is 1. The standard InChI is InChI=1S/C27H33N3O5/c1-19-4-3-5-23(12-13-30(27(19)33)24-10-11-25(31)28-26(24)32)35-20(2)22-8-6-21(7-9-22)18-29-14-16-34-17-15-29/h3-9,12,20,24H,10-11,13-18H2,1-2H3,(H,28,31,32)/b5-3-,19-4+,23-12-. The van der Waals surface area contributed by atoms with Gasteiger partial charge in [0.2, 0.25) is 17.7 Å². The Hall–Kier alpha value is -3.23. The Morgan fingerprint density at radius 1 is 1.14 bits per heavy atom. The lowest BCUT2D eigenvalue weighted by Gasteiger charge is -2.32. The summed E-state index contributed by atoms with van der Waals surface area (Å²) in [6.45, 7) is 8.30. The lowest BCUT2D eigenvalue weighted by atomic mass is 10.0. The zero-order chi connectivity index (χ0) is 24.8. The van der Waals surface area contributed by atoms with Crippen LogP contribution in [0.4, 0.5) is 0 Å². The molecule has 8 nitrogen and oxygen atoms in total. The highest BCUT2D eigenvalue weighted by atomic mass is 16.5. The first kappa shape index (κ1) is 24.9. The lowest BCUT2D eigenvalue weighted by molar-refractivity contribution is -0.143. The number of amides is 3. The summed E-state index contributed by atoms with van der Waals surface area (Å²) in [5.41, 5.74) is 2.82. The molecule has 4 rings (SSSR count). The van der Waals surface area contributed by atoms with Crippen molar-refractivity contribution in [3.8, 4) is 0 Å². The summed E-state index contributed by atoms with van der Waals surface area (Å²) >= 11 is 0. The zero-order valence-corrected chi connectivity index (χ0v) is 20.4. The molecule has 1 aromatic rings. The molecule has 0 aliphatic carbocycles. The summed E-state index contributed by atoms with van der Waals surface area (Å²) in [6, 6.07) is 7.75. The van der Waals surface area contributed by atoms with Crippen molar-refractivity contribution in [2.75, 3.05) is 32.8 Å². The van der Waals surface area contributed by atoms with E-state index in [0.717, 1.165) is 38.4 Å². The molecule has 3 heterocycles. The van der Waals surface area contributed by atoms with Crippen LogP contribution in [0.15, 0.2) is 59.9 Å². The van der Waals surface area contributed by atoms with Crippen LogP contribution in [-0.4, -0.2) is 66.4 Å². The minimum atomic E-state index is -0.685. The largest absolute Gasteiger partial charge is 0.486 e. The van der Waals surface area contributed by atoms with Crippen molar-refractivity contribution in [2.24, 2.45) is 0 Å². The molecule has 0 bridgehead atoms. The van der Waals surface area contributed by atoms with Gasteiger partial charge in [-0.1, -0.05) is 36.4 Å². The summed E-state index contributed by atoms with van der Waals surface area (Å²) in [6.07, 6.45) is 7.47. The molecule has 0 radical (unpaired) electrons.